The van der Waals surface area contributed by atoms with Gasteiger partial charge in [0, 0.05) is 37.2 Å². The number of nitrogens with two attached hydrogens (primary N) is 1. The predicted octanol–water partition coefficient (Wildman–Crippen LogP) is 1.86. The lowest BCUT2D eigenvalue weighted by atomic mass is 10.2. The number of benzene rings is 1. The van der Waals surface area contributed by atoms with Gasteiger partial charge >= 0.3 is 0 Å². The molecule has 1 aromatic rings. The van der Waals surface area contributed by atoms with Gasteiger partial charge < -0.3 is 10.6 Å². The van der Waals surface area contributed by atoms with Crippen LogP contribution >= 0.6 is 28.3 Å². The molecule has 0 aliphatic carbocycles. The van der Waals surface area contributed by atoms with Gasteiger partial charge in [-0.15, -0.1) is 12.4 Å². The van der Waals surface area contributed by atoms with E-state index in [0.29, 0.717) is 13.1 Å². The Balaban J connectivity index is 0.00000200. The third-order valence-electron chi connectivity index (χ3n) is 3.46. The van der Waals surface area contributed by atoms with Gasteiger partial charge in [-0.2, -0.15) is 0 Å². The molecule has 1 aliphatic heterocycles. The SMILES string of the molecule is CN(Cc1ccccc1Br)C(=O)CN1CC[C@H](N)C1.Cl. The molecule has 0 radical (unpaired) electrons. The molecule has 1 atom stereocenters. The first-order valence-electron chi connectivity index (χ1n) is 6.51. The van der Waals surface area contributed by atoms with Crippen molar-refractivity contribution in [3.8, 4) is 0 Å². The molecular weight excluding hydrogens is 342 g/mol. The number of hydrogen-bond donors (Lipinski definition) is 1. The second-order valence-corrected chi connectivity index (χ2v) is 5.98. The standard InChI is InChI=1S/C14H20BrN3O.ClH/c1-17(8-11-4-2-3-5-13(11)15)14(19)10-18-7-6-12(16)9-18;/h2-5,12H,6-10,16H2,1H3;1H/t12-;/m0./s1. The highest BCUT2D eigenvalue weighted by atomic mass is 79.9. The topological polar surface area (TPSA) is 49.6 Å². The Morgan fingerprint density at radius 1 is 1.50 bits per heavy atom. The summed E-state index contributed by atoms with van der Waals surface area (Å²) in [5.41, 5.74) is 6.97. The lowest BCUT2D eigenvalue weighted by Gasteiger charge is -2.22. The molecule has 2 N–H and O–H groups in total. The van der Waals surface area contributed by atoms with Crippen LogP contribution in [0.25, 0.3) is 0 Å². The smallest absolute Gasteiger partial charge is 0.236 e. The first-order valence-corrected chi connectivity index (χ1v) is 7.31. The number of halogens is 2. The average molecular weight is 363 g/mol. The summed E-state index contributed by atoms with van der Waals surface area (Å²) in [7, 11) is 1.85. The van der Waals surface area contributed by atoms with Crippen molar-refractivity contribution in [2.75, 3.05) is 26.7 Å². The number of hydrogen-bond acceptors (Lipinski definition) is 3. The van der Waals surface area contributed by atoms with Gasteiger partial charge in [0.2, 0.25) is 5.91 Å². The fraction of sp³-hybridized carbons (Fsp3) is 0.500. The number of likely N-dealkylation sites (tertiary alicyclic amines) is 1. The van der Waals surface area contributed by atoms with Crippen LogP contribution in [0.5, 0.6) is 0 Å². The average Bonchev–Trinajstić information content (AvgIpc) is 2.77. The summed E-state index contributed by atoms with van der Waals surface area (Å²) in [5.74, 6) is 0.143. The van der Waals surface area contributed by atoms with Crippen molar-refractivity contribution in [2.45, 2.75) is 19.0 Å². The Bertz CT molecular complexity index is 458. The quantitative estimate of drug-likeness (QED) is 0.889. The molecule has 1 heterocycles. The summed E-state index contributed by atoms with van der Waals surface area (Å²) in [4.78, 5) is 16.0. The first-order chi connectivity index (χ1) is 9.06. The van der Waals surface area contributed by atoms with Crippen molar-refractivity contribution in [2.24, 2.45) is 5.73 Å². The molecule has 112 valence electrons. The van der Waals surface area contributed by atoms with Crippen LogP contribution in [0.3, 0.4) is 0 Å². The van der Waals surface area contributed by atoms with Crippen LogP contribution in [0.15, 0.2) is 28.7 Å². The van der Waals surface area contributed by atoms with Gasteiger partial charge in [-0.1, -0.05) is 34.1 Å². The van der Waals surface area contributed by atoms with E-state index in [1.807, 2.05) is 31.3 Å². The van der Waals surface area contributed by atoms with E-state index in [-0.39, 0.29) is 24.4 Å². The van der Waals surface area contributed by atoms with Gasteiger partial charge in [0.05, 0.1) is 6.54 Å². The normalized spacial score (nSPS) is 18.6. The zero-order valence-corrected chi connectivity index (χ0v) is 14.0. The highest BCUT2D eigenvalue weighted by Crippen LogP contribution is 2.17. The molecule has 1 amide bonds. The predicted molar refractivity (Wildman–Crippen MR) is 86.9 cm³/mol. The maximum Gasteiger partial charge on any atom is 0.236 e. The van der Waals surface area contributed by atoms with Gasteiger partial charge in [-0.05, 0) is 18.1 Å². The maximum absolute atomic E-state index is 12.1. The highest BCUT2D eigenvalue weighted by Gasteiger charge is 2.22. The minimum absolute atomic E-state index is 0. The van der Waals surface area contributed by atoms with Crippen LogP contribution in [0.4, 0.5) is 0 Å². The molecule has 2 rings (SSSR count). The zero-order chi connectivity index (χ0) is 13.8. The van der Waals surface area contributed by atoms with Crippen molar-refractivity contribution in [1.82, 2.24) is 9.80 Å². The summed E-state index contributed by atoms with van der Waals surface area (Å²) >= 11 is 3.51. The van der Waals surface area contributed by atoms with Crippen molar-refractivity contribution in [3.05, 3.63) is 34.3 Å². The van der Waals surface area contributed by atoms with Gasteiger partial charge in [0.1, 0.15) is 0 Å². The van der Waals surface area contributed by atoms with E-state index >= 15 is 0 Å². The van der Waals surface area contributed by atoms with E-state index in [9.17, 15) is 4.79 Å². The second kappa shape index (κ2) is 7.98. The summed E-state index contributed by atoms with van der Waals surface area (Å²) < 4.78 is 1.04. The molecule has 0 aromatic heterocycles. The minimum atomic E-state index is 0. The number of rotatable bonds is 4. The highest BCUT2D eigenvalue weighted by molar-refractivity contribution is 9.10. The van der Waals surface area contributed by atoms with E-state index in [1.54, 1.807) is 4.90 Å². The Morgan fingerprint density at radius 2 is 2.20 bits per heavy atom. The fourth-order valence-corrected chi connectivity index (χ4v) is 2.70. The number of carbonyl (C=O) groups excluding carboxylic acids is 1. The largest absolute Gasteiger partial charge is 0.340 e. The van der Waals surface area contributed by atoms with Crippen molar-refractivity contribution in [1.29, 1.82) is 0 Å². The van der Waals surface area contributed by atoms with Gasteiger partial charge in [-0.3, -0.25) is 9.69 Å². The molecule has 6 heteroatoms. The lowest BCUT2D eigenvalue weighted by Crippen LogP contribution is -2.38. The summed E-state index contributed by atoms with van der Waals surface area (Å²) in [6, 6.07) is 8.20. The Kier molecular flexibility index (Phi) is 6.95. The molecule has 4 nitrogen and oxygen atoms in total. The van der Waals surface area contributed by atoms with Crippen LogP contribution in [-0.2, 0) is 11.3 Å². The van der Waals surface area contributed by atoms with Crippen molar-refractivity contribution < 1.29 is 4.79 Å². The Hall–Kier alpha value is -0.620. The zero-order valence-electron chi connectivity index (χ0n) is 11.6. The summed E-state index contributed by atoms with van der Waals surface area (Å²) in [6.45, 7) is 2.85. The van der Waals surface area contributed by atoms with Crippen LogP contribution in [0.2, 0.25) is 0 Å². The van der Waals surface area contributed by atoms with Crippen molar-refractivity contribution in [3.63, 3.8) is 0 Å². The summed E-state index contributed by atoms with van der Waals surface area (Å²) in [5, 5.41) is 0. The van der Waals surface area contributed by atoms with Gasteiger partial charge in [0.15, 0.2) is 0 Å². The Labute approximate surface area is 134 Å². The number of carbonyl (C=O) groups is 1. The number of nitrogens with zero attached hydrogens (tertiary/aromatic N) is 2. The molecule has 1 saturated heterocycles. The van der Waals surface area contributed by atoms with E-state index in [4.69, 9.17) is 5.73 Å². The molecule has 0 unspecified atom stereocenters. The fourth-order valence-electron chi connectivity index (χ4n) is 2.29. The van der Waals surface area contributed by atoms with E-state index in [0.717, 1.165) is 29.5 Å². The monoisotopic (exact) mass is 361 g/mol. The van der Waals surface area contributed by atoms with Gasteiger partial charge in [-0.25, -0.2) is 0 Å². The summed E-state index contributed by atoms with van der Waals surface area (Å²) in [6.07, 6.45) is 0.987. The lowest BCUT2D eigenvalue weighted by molar-refractivity contribution is -0.131. The molecule has 1 aliphatic rings. The second-order valence-electron chi connectivity index (χ2n) is 5.13. The maximum atomic E-state index is 12.1. The first kappa shape index (κ1) is 17.4. The van der Waals surface area contributed by atoms with Crippen molar-refractivity contribution >= 4 is 34.2 Å². The molecular formula is C14H21BrClN3O. The molecule has 0 saturated carbocycles. The number of amides is 1. The van der Waals surface area contributed by atoms with Crippen LogP contribution in [-0.4, -0.2) is 48.4 Å². The van der Waals surface area contributed by atoms with Crippen LogP contribution in [0, 0.1) is 0 Å². The van der Waals surface area contributed by atoms with Crippen LogP contribution in [0.1, 0.15) is 12.0 Å². The molecule has 0 bridgehead atoms. The van der Waals surface area contributed by atoms with E-state index < -0.39 is 0 Å². The molecule has 0 spiro atoms. The molecule has 1 aromatic carbocycles. The molecule has 20 heavy (non-hydrogen) atoms. The van der Waals surface area contributed by atoms with E-state index in [1.165, 1.54) is 0 Å². The number of likely N-dealkylation sites (N-methyl/N-ethyl adjacent to an activating group) is 1. The third kappa shape index (κ3) is 4.74. The molecule has 1 fully saturated rings. The van der Waals surface area contributed by atoms with E-state index in [2.05, 4.69) is 20.8 Å². The van der Waals surface area contributed by atoms with Crippen LogP contribution < -0.4 is 5.73 Å². The Morgan fingerprint density at radius 3 is 2.80 bits per heavy atom. The third-order valence-corrected chi connectivity index (χ3v) is 4.23. The van der Waals surface area contributed by atoms with Gasteiger partial charge in [0.25, 0.3) is 0 Å². The minimum Gasteiger partial charge on any atom is -0.340 e.